The Kier molecular flexibility index (Phi) is 5.98. The summed E-state index contributed by atoms with van der Waals surface area (Å²) in [5.41, 5.74) is 0. The van der Waals surface area contributed by atoms with E-state index in [1.807, 2.05) is 24.0 Å². The molecule has 2 aliphatic rings. The number of nitrogens with zero attached hydrogens (tertiary/aromatic N) is 5. The van der Waals surface area contributed by atoms with Gasteiger partial charge in [0.05, 0.1) is 11.1 Å². The Labute approximate surface area is 159 Å². The zero-order valence-corrected chi connectivity index (χ0v) is 16.2. The molecular formula is C18H26ClN5O2. The first kappa shape index (κ1) is 18.9. The van der Waals surface area contributed by atoms with Crippen molar-refractivity contribution in [3.05, 3.63) is 23.4 Å². The van der Waals surface area contributed by atoms with E-state index in [4.69, 9.17) is 11.6 Å². The van der Waals surface area contributed by atoms with Gasteiger partial charge >= 0.3 is 0 Å². The normalized spacial score (nSPS) is 20.2. The van der Waals surface area contributed by atoms with Gasteiger partial charge in [0.1, 0.15) is 5.82 Å². The molecule has 2 amide bonds. The Morgan fingerprint density at radius 1 is 1.00 bits per heavy atom. The predicted molar refractivity (Wildman–Crippen MR) is 101 cm³/mol. The maximum atomic E-state index is 12.8. The number of carbonyl (C=O) groups is 2. The summed E-state index contributed by atoms with van der Waals surface area (Å²) in [6.45, 7) is 9.39. The Hall–Kier alpha value is -1.86. The van der Waals surface area contributed by atoms with Crippen LogP contribution in [-0.2, 0) is 9.59 Å². The molecule has 0 radical (unpaired) electrons. The quantitative estimate of drug-likeness (QED) is 0.782. The van der Waals surface area contributed by atoms with E-state index in [1.165, 1.54) is 0 Å². The Balaban J connectivity index is 1.50. The van der Waals surface area contributed by atoms with Crippen molar-refractivity contribution in [1.29, 1.82) is 0 Å². The summed E-state index contributed by atoms with van der Waals surface area (Å²) >= 11 is 5.90. The van der Waals surface area contributed by atoms with E-state index in [2.05, 4.69) is 14.8 Å². The minimum Gasteiger partial charge on any atom is -0.354 e. The van der Waals surface area contributed by atoms with E-state index in [1.54, 1.807) is 18.0 Å². The SMILES string of the molecule is CC(=O)N1CCN(C(=O)C(C)N2CCN(c3ccc(Cl)cn3)CC2)CC1. The minimum atomic E-state index is -0.140. The number of aromatic nitrogens is 1. The number of halogens is 1. The zero-order valence-electron chi connectivity index (χ0n) is 15.4. The molecule has 1 aromatic rings. The van der Waals surface area contributed by atoms with Gasteiger partial charge in [0.15, 0.2) is 0 Å². The van der Waals surface area contributed by atoms with Crippen molar-refractivity contribution in [2.24, 2.45) is 0 Å². The number of piperazine rings is 2. The summed E-state index contributed by atoms with van der Waals surface area (Å²) in [4.78, 5) is 36.7. The predicted octanol–water partition coefficient (Wildman–Crippen LogP) is 0.936. The number of hydrogen-bond acceptors (Lipinski definition) is 5. The Morgan fingerprint density at radius 3 is 2.15 bits per heavy atom. The number of anilines is 1. The summed E-state index contributed by atoms with van der Waals surface area (Å²) in [6, 6.07) is 3.64. The molecule has 1 unspecified atom stereocenters. The molecule has 7 nitrogen and oxygen atoms in total. The lowest BCUT2D eigenvalue weighted by atomic mass is 10.2. The van der Waals surface area contributed by atoms with Crippen molar-refractivity contribution >= 4 is 29.2 Å². The van der Waals surface area contributed by atoms with Gasteiger partial charge in [-0.25, -0.2) is 4.98 Å². The minimum absolute atomic E-state index is 0.0806. The molecule has 0 aliphatic carbocycles. The van der Waals surface area contributed by atoms with Crippen LogP contribution in [-0.4, -0.2) is 89.9 Å². The van der Waals surface area contributed by atoms with Crippen LogP contribution in [0.15, 0.2) is 18.3 Å². The van der Waals surface area contributed by atoms with E-state index in [0.29, 0.717) is 31.2 Å². The standard InChI is InChI=1S/C18H26ClN5O2/c1-14(18(26)24-11-7-22(8-12-24)15(2)25)21-5-9-23(10-6-21)17-4-3-16(19)13-20-17/h3-4,13-14H,5-12H2,1-2H3. The molecule has 0 N–H and O–H groups in total. The van der Waals surface area contributed by atoms with Gasteiger partial charge in [0, 0.05) is 65.5 Å². The second-order valence-electron chi connectivity index (χ2n) is 6.86. The topological polar surface area (TPSA) is 60.0 Å². The van der Waals surface area contributed by atoms with Crippen molar-refractivity contribution in [3.8, 4) is 0 Å². The molecule has 3 heterocycles. The van der Waals surface area contributed by atoms with E-state index in [9.17, 15) is 9.59 Å². The van der Waals surface area contributed by atoms with Crippen LogP contribution in [0.2, 0.25) is 5.02 Å². The molecule has 26 heavy (non-hydrogen) atoms. The second kappa shape index (κ2) is 8.22. The average molecular weight is 380 g/mol. The van der Waals surface area contributed by atoms with Gasteiger partial charge in [-0.15, -0.1) is 0 Å². The highest BCUT2D eigenvalue weighted by atomic mass is 35.5. The fourth-order valence-electron chi connectivity index (χ4n) is 3.56. The van der Waals surface area contributed by atoms with Crippen molar-refractivity contribution in [1.82, 2.24) is 19.7 Å². The molecule has 142 valence electrons. The maximum Gasteiger partial charge on any atom is 0.239 e. The zero-order chi connectivity index (χ0) is 18.7. The number of pyridine rings is 1. The smallest absolute Gasteiger partial charge is 0.239 e. The van der Waals surface area contributed by atoms with Gasteiger partial charge in [-0.2, -0.15) is 0 Å². The lowest BCUT2D eigenvalue weighted by Crippen LogP contribution is -2.57. The highest BCUT2D eigenvalue weighted by Crippen LogP contribution is 2.18. The molecule has 2 saturated heterocycles. The number of carbonyl (C=O) groups excluding carboxylic acids is 2. The fraction of sp³-hybridized carbons (Fsp3) is 0.611. The highest BCUT2D eigenvalue weighted by molar-refractivity contribution is 6.30. The third-order valence-electron chi connectivity index (χ3n) is 5.29. The lowest BCUT2D eigenvalue weighted by molar-refractivity contribution is -0.142. The van der Waals surface area contributed by atoms with Gasteiger partial charge in [-0.3, -0.25) is 14.5 Å². The van der Waals surface area contributed by atoms with Gasteiger partial charge in [0.25, 0.3) is 0 Å². The summed E-state index contributed by atoms with van der Waals surface area (Å²) < 4.78 is 0. The van der Waals surface area contributed by atoms with Crippen LogP contribution in [0.3, 0.4) is 0 Å². The van der Waals surface area contributed by atoms with Gasteiger partial charge < -0.3 is 14.7 Å². The van der Waals surface area contributed by atoms with E-state index >= 15 is 0 Å². The summed E-state index contributed by atoms with van der Waals surface area (Å²) in [5, 5.41) is 0.636. The molecule has 1 atom stereocenters. The van der Waals surface area contributed by atoms with Crippen LogP contribution in [0.25, 0.3) is 0 Å². The first-order valence-electron chi connectivity index (χ1n) is 9.10. The van der Waals surface area contributed by atoms with Crippen molar-refractivity contribution in [3.63, 3.8) is 0 Å². The molecule has 2 fully saturated rings. The van der Waals surface area contributed by atoms with Crippen LogP contribution in [0, 0.1) is 0 Å². The van der Waals surface area contributed by atoms with Crippen LogP contribution in [0.1, 0.15) is 13.8 Å². The number of amides is 2. The molecule has 0 saturated carbocycles. The molecule has 8 heteroatoms. The van der Waals surface area contributed by atoms with Gasteiger partial charge in [-0.1, -0.05) is 11.6 Å². The van der Waals surface area contributed by atoms with Crippen LogP contribution >= 0.6 is 11.6 Å². The third-order valence-corrected chi connectivity index (χ3v) is 5.52. The first-order chi connectivity index (χ1) is 12.5. The van der Waals surface area contributed by atoms with E-state index < -0.39 is 0 Å². The van der Waals surface area contributed by atoms with Gasteiger partial charge in [0.2, 0.25) is 11.8 Å². The van der Waals surface area contributed by atoms with Crippen LogP contribution in [0.4, 0.5) is 5.82 Å². The molecule has 0 aromatic carbocycles. The largest absolute Gasteiger partial charge is 0.354 e. The maximum absolute atomic E-state index is 12.8. The van der Waals surface area contributed by atoms with Gasteiger partial charge in [-0.05, 0) is 19.1 Å². The Morgan fingerprint density at radius 2 is 1.62 bits per heavy atom. The molecule has 3 rings (SSSR count). The first-order valence-corrected chi connectivity index (χ1v) is 9.48. The summed E-state index contributed by atoms with van der Waals surface area (Å²) in [6.07, 6.45) is 1.66. The summed E-state index contributed by atoms with van der Waals surface area (Å²) in [7, 11) is 0. The fourth-order valence-corrected chi connectivity index (χ4v) is 3.67. The average Bonchev–Trinajstić information content (AvgIpc) is 2.67. The molecule has 2 aliphatic heterocycles. The van der Waals surface area contributed by atoms with Crippen molar-refractivity contribution < 1.29 is 9.59 Å². The van der Waals surface area contributed by atoms with E-state index in [0.717, 1.165) is 32.0 Å². The van der Waals surface area contributed by atoms with Crippen LogP contribution in [0.5, 0.6) is 0 Å². The molecule has 0 spiro atoms. The highest BCUT2D eigenvalue weighted by Gasteiger charge is 2.31. The monoisotopic (exact) mass is 379 g/mol. The molecule has 0 bridgehead atoms. The number of rotatable bonds is 3. The van der Waals surface area contributed by atoms with Crippen LogP contribution < -0.4 is 4.90 Å². The van der Waals surface area contributed by atoms with Crippen molar-refractivity contribution in [2.45, 2.75) is 19.9 Å². The summed E-state index contributed by atoms with van der Waals surface area (Å²) in [5.74, 6) is 1.16. The second-order valence-corrected chi connectivity index (χ2v) is 7.30. The van der Waals surface area contributed by atoms with E-state index in [-0.39, 0.29) is 17.9 Å². The Bertz CT molecular complexity index is 637. The van der Waals surface area contributed by atoms with Crippen molar-refractivity contribution in [2.75, 3.05) is 57.3 Å². The molecular weight excluding hydrogens is 354 g/mol. The number of hydrogen-bond donors (Lipinski definition) is 0. The third kappa shape index (κ3) is 4.27. The molecule has 1 aromatic heterocycles. The lowest BCUT2D eigenvalue weighted by Gasteiger charge is -2.41.